The van der Waals surface area contributed by atoms with Crippen molar-refractivity contribution in [1.82, 2.24) is 20.2 Å². The number of aromatic nitrogens is 2. The number of benzene rings is 1. The van der Waals surface area contributed by atoms with Crippen molar-refractivity contribution in [2.75, 3.05) is 20.1 Å². The van der Waals surface area contributed by atoms with Crippen LogP contribution in [0.15, 0.2) is 58.6 Å². The van der Waals surface area contributed by atoms with Gasteiger partial charge in [0.1, 0.15) is 5.82 Å². The predicted molar refractivity (Wildman–Crippen MR) is 111 cm³/mol. The van der Waals surface area contributed by atoms with Crippen LogP contribution in [0.3, 0.4) is 0 Å². The number of nitrogens with one attached hydrogen (secondary N) is 3. The van der Waals surface area contributed by atoms with Gasteiger partial charge in [-0.05, 0) is 49.1 Å². The van der Waals surface area contributed by atoms with E-state index in [1.54, 1.807) is 35.9 Å². The molecule has 0 spiro atoms. The molecule has 0 unspecified atom stereocenters. The lowest BCUT2D eigenvalue weighted by Crippen LogP contribution is -2.38. The molecule has 3 N–H and O–H groups in total. The number of guanidine groups is 1. The zero-order valence-electron chi connectivity index (χ0n) is 16.0. The Hall–Kier alpha value is -3.09. The molecule has 3 rings (SSSR count). The van der Waals surface area contributed by atoms with Crippen molar-refractivity contribution in [2.24, 2.45) is 4.99 Å². The highest BCUT2D eigenvalue weighted by Gasteiger charge is 2.05. The normalized spacial score (nSPS) is 11.7. The van der Waals surface area contributed by atoms with E-state index in [-0.39, 0.29) is 11.4 Å². The molecular weight excluding hydrogens is 357 g/mol. The van der Waals surface area contributed by atoms with Gasteiger partial charge in [-0.1, -0.05) is 6.07 Å². The summed E-state index contributed by atoms with van der Waals surface area (Å²) in [6, 6.07) is 9.97. The standard InChI is InChI=1S/C21H26FN5O/c1-23-21(24-10-3-5-13-27-12-4-2-6-20(27)28)25-11-9-16-15-26-19-8-7-17(22)14-18(16)19/h2,4,6-8,12,14-15,26H,3,5,9-11,13H2,1H3,(H2,23,24,25). The topological polar surface area (TPSA) is 74.2 Å². The fourth-order valence-corrected chi connectivity index (χ4v) is 3.15. The summed E-state index contributed by atoms with van der Waals surface area (Å²) in [5.74, 6) is 0.513. The largest absolute Gasteiger partial charge is 0.361 e. The minimum atomic E-state index is -0.225. The molecule has 3 aromatic rings. The van der Waals surface area contributed by atoms with Crippen molar-refractivity contribution in [3.05, 3.63) is 70.5 Å². The number of aliphatic imine (C=N–C) groups is 1. The molecule has 0 amide bonds. The van der Waals surface area contributed by atoms with Gasteiger partial charge in [0.15, 0.2) is 5.96 Å². The van der Waals surface area contributed by atoms with E-state index < -0.39 is 0 Å². The fraction of sp³-hybridized carbons (Fsp3) is 0.333. The zero-order chi connectivity index (χ0) is 19.8. The third kappa shape index (κ3) is 5.22. The van der Waals surface area contributed by atoms with Crippen LogP contribution in [-0.2, 0) is 13.0 Å². The van der Waals surface area contributed by atoms with Crippen LogP contribution in [0.5, 0.6) is 0 Å². The molecule has 6 nitrogen and oxygen atoms in total. The van der Waals surface area contributed by atoms with Crippen molar-refractivity contribution < 1.29 is 4.39 Å². The number of aromatic amines is 1. The lowest BCUT2D eigenvalue weighted by molar-refractivity contribution is 0.585. The minimum Gasteiger partial charge on any atom is -0.361 e. The molecule has 148 valence electrons. The van der Waals surface area contributed by atoms with Crippen LogP contribution in [0.25, 0.3) is 10.9 Å². The second-order valence-corrected chi connectivity index (χ2v) is 6.62. The fourth-order valence-electron chi connectivity index (χ4n) is 3.15. The van der Waals surface area contributed by atoms with Crippen LogP contribution >= 0.6 is 0 Å². The molecule has 0 atom stereocenters. The monoisotopic (exact) mass is 383 g/mol. The van der Waals surface area contributed by atoms with Gasteiger partial charge in [-0.3, -0.25) is 9.79 Å². The number of halogens is 1. The van der Waals surface area contributed by atoms with E-state index in [1.165, 1.54) is 6.07 Å². The maximum absolute atomic E-state index is 13.5. The molecule has 0 aliphatic heterocycles. The third-order valence-corrected chi connectivity index (χ3v) is 4.66. The van der Waals surface area contributed by atoms with Gasteiger partial charge in [0, 0.05) is 56.0 Å². The molecule has 0 saturated heterocycles. The molecule has 0 saturated carbocycles. The van der Waals surface area contributed by atoms with Gasteiger partial charge in [0.05, 0.1) is 0 Å². The Morgan fingerprint density at radius 1 is 1.18 bits per heavy atom. The molecule has 2 heterocycles. The van der Waals surface area contributed by atoms with Crippen LogP contribution < -0.4 is 16.2 Å². The second kappa shape index (κ2) is 9.73. The summed E-state index contributed by atoms with van der Waals surface area (Å²) < 4.78 is 15.2. The van der Waals surface area contributed by atoms with E-state index in [0.29, 0.717) is 13.1 Å². The first-order valence-corrected chi connectivity index (χ1v) is 9.53. The quantitative estimate of drug-likeness (QED) is 0.318. The van der Waals surface area contributed by atoms with E-state index in [9.17, 15) is 9.18 Å². The van der Waals surface area contributed by atoms with Gasteiger partial charge >= 0.3 is 0 Å². The summed E-state index contributed by atoms with van der Waals surface area (Å²) in [5, 5.41) is 7.48. The van der Waals surface area contributed by atoms with Gasteiger partial charge in [-0.25, -0.2) is 4.39 Å². The Balaban J connectivity index is 1.38. The average molecular weight is 383 g/mol. The molecule has 0 bridgehead atoms. The van der Waals surface area contributed by atoms with Crippen molar-refractivity contribution in [2.45, 2.75) is 25.8 Å². The summed E-state index contributed by atoms with van der Waals surface area (Å²) in [6.07, 6.45) is 6.35. The van der Waals surface area contributed by atoms with Gasteiger partial charge in [0.25, 0.3) is 0 Å². The molecular formula is C21H26FN5O. The van der Waals surface area contributed by atoms with E-state index in [2.05, 4.69) is 20.6 Å². The summed E-state index contributed by atoms with van der Waals surface area (Å²) in [5.41, 5.74) is 2.05. The summed E-state index contributed by atoms with van der Waals surface area (Å²) in [7, 11) is 1.74. The number of unbranched alkanes of at least 4 members (excludes halogenated alkanes) is 1. The Kier molecular flexibility index (Phi) is 6.84. The number of aryl methyl sites for hydroxylation is 1. The Labute approximate surface area is 163 Å². The van der Waals surface area contributed by atoms with Crippen LogP contribution in [0, 0.1) is 5.82 Å². The number of fused-ring (bicyclic) bond motifs is 1. The first-order valence-electron chi connectivity index (χ1n) is 9.53. The number of rotatable bonds is 8. The Bertz CT molecular complexity index is 992. The van der Waals surface area contributed by atoms with Crippen LogP contribution in [-0.4, -0.2) is 35.6 Å². The lowest BCUT2D eigenvalue weighted by atomic mass is 10.1. The van der Waals surface area contributed by atoms with E-state index in [4.69, 9.17) is 0 Å². The molecule has 0 fully saturated rings. The van der Waals surface area contributed by atoms with E-state index in [0.717, 1.165) is 48.2 Å². The molecule has 0 radical (unpaired) electrons. The second-order valence-electron chi connectivity index (χ2n) is 6.62. The number of nitrogens with zero attached hydrogens (tertiary/aromatic N) is 2. The highest BCUT2D eigenvalue weighted by atomic mass is 19.1. The summed E-state index contributed by atoms with van der Waals surface area (Å²) in [6.45, 7) is 2.19. The zero-order valence-corrected chi connectivity index (χ0v) is 16.0. The van der Waals surface area contributed by atoms with Crippen molar-refractivity contribution in [3.8, 4) is 0 Å². The van der Waals surface area contributed by atoms with Gasteiger partial charge in [-0.2, -0.15) is 0 Å². The number of pyridine rings is 1. The van der Waals surface area contributed by atoms with E-state index >= 15 is 0 Å². The number of H-pyrrole nitrogens is 1. The molecule has 0 aliphatic carbocycles. The first-order chi connectivity index (χ1) is 13.7. The SMILES string of the molecule is CN=C(NCCCCn1ccccc1=O)NCCc1c[nH]c2ccc(F)cc12. The molecule has 0 aliphatic rings. The number of hydrogen-bond acceptors (Lipinski definition) is 2. The maximum Gasteiger partial charge on any atom is 0.250 e. The predicted octanol–water partition coefficient (Wildman–Crippen LogP) is 2.66. The van der Waals surface area contributed by atoms with Gasteiger partial charge in [-0.15, -0.1) is 0 Å². The van der Waals surface area contributed by atoms with Crippen molar-refractivity contribution in [3.63, 3.8) is 0 Å². The van der Waals surface area contributed by atoms with Crippen LogP contribution in [0.4, 0.5) is 4.39 Å². The summed E-state index contributed by atoms with van der Waals surface area (Å²) >= 11 is 0. The van der Waals surface area contributed by atoms with Crippen molar-refractivity contribution >= 4 is 16.9 Å². The van der Waals surface area contributed by atoms with Crippen LogP contribution in [0.2, 0.25) is 0 Å². The molecule has 28 heavy (non-hydrogen) atoms. The highest BCUT2D eigenvalue weighted by Crippen LogP contribution is 2.19. The molecule has 7 heteroatoms. The first kappa shape index (κ1) is 19.7. The van der Waals surface area contributed by atoms with E-state index in [1.807, 2.05) is 18.5 Å². The summed E-state index contributed by atoms with van der Waals surface area (Å²) in [4.78, 5) is 19.0. The van der Waals surface area contributed by atoms with Crippen LogP contribution in [0.1, 0.15) is 18.4 Å². The van der Waals surface area contributed by atoms with Gasteiger partial charge in [0.2, 0.25) is 5.56 Å². The molecule has 1 aromatic carbocycles. The maximum atomic E-state index is 13.5. The molecule has 2 aromatic heterocycles. The van der Waals surface area contributed by atoms with Gasteiger partial charge < -0.3 is 20.2 Å². The Morgan fingerprint density at radius 2 is 2.04 bits per heavy atom. The minimum absolute atomic E-state index is 0.0325. The third-order valence-electron chi connectivity index (χ3n) is 4.66. The smallest absolute Gasteiger partial charge is 0.250 e. The highest BCUT2D eigenvalue weighted by molar-refractivity contribution is 5.83. The lowest BCUT2D eigenvalue weighted by Gasteiger charge is -2.12. The Morgan fingerprint density at radius 3 is 2.86 bits per heavy atom. The average Bonchev–Trinajstić information content (AvgIpc) is 3.09. The van der Waals surface area contributed by atoms with Crippen molar-refractivity contribution in [1.29, 1.82) is 0 Å². The number of hydrogen-bond donors (Lipinski definition) is 3.